The Morgan fingerprint density at radius 2 is 2.17 bits per heavy atom. The summed E-state index contributed by atoms with van der Waals surface area (Å²) in [4.78, 5) is 15.1. The van der Waals surface area contributed by atoms with Gasteiger partial charge in [-0.3, -0.25) is 9.48 Å². The standard InChI is InChI=1S/C19H23N3O2/c1-14-9-20-21(10-14)11-18-4-2-3-7-22(18)19(23)15-5-6-16-12-24-13-17(16)8-15/h5-6,8-10,18H,2-4,7,11-13H2,1H3/t18-/m0/s1. The number of likely N-dealkylation sites (tertiary alicyclic amines) is 1. The molecule has 0 aliphatic carbocycles. The van der Waals surface area contributed by atoms with Gasteiger partial charge in [-0.2, -0.15) is 5.10 Å². The Morgan fingerprint density at radius 3 is 3.00 bits per heavy atom. The maximum Gasteiger partial charge on any atom is 0.254 e. The molecule has 2 aliphatic rings. The first-order valence-electron chi connectivity index (χ1n) is 8.70. The van der Waals surface area contributed by atoms with E-state index in [4.69, 9.17) is 4.74 Å². The second kappa shape index (κ2) is 6.40. The van der Waals surface area contributed by atoms with E-state index in [-0.39, 0.29) is 11.9 Å². The highest BCUT2D eigenvalue weighted by atomic mass is 16.5. The lowest BCUT2D eigenvalue weighted by Crippen LogP contribution is -2.46. The van der Waals surface area contributed by atoms with Crippen molar-refractivity contribution in [3.63, 3.8) is 0 Å². The zero-order valence-corrected chi connectivity index (χ0v) is 14.1. The van der Waals surface area contributed by atoms with Gasteiger partial charge in [-0.05, 0) is 55.0 Å². The number of aryl methyl sites for hydroxylation is 1. The summed E-state index contributed by atoms with van der Waals surface area (Å²) in [6.45, 7) is 4.92. The SMILES string of the molecule is Cc1cnn(C[C@@H]2CCCCN2C(=O)c2ccc3c(c2)COC3)c1. The van der Waals surface area contributed by atoms with Crippen molar-refractivity contribution in [2.24, 2.45) is 0 Å². The van der Waals surface area contributed by atoms with Crippen molar-refractivity contribution in [3.05, 3.63) is 52.8 Å². The van der Waals surface area contributed by atoms with Gasteiger partial charge in [-0.25, -0.2) is 0 Å². The topological polar surface area (TPSA) is 47.4 Å². The average Bonchev–Trinajstić information content (AvgIpc) is 3.22. The maximum absolute atomic E-state index is 13.1. The zero-order chi connectivity index (χ0) is 16.5. The second-order valence-corrected chi connectivity index (χ2v) is 6.86. The minimum Gasteiger partial charge on any atom is -0.372 e. The highest BCUT2D eigenvalue weighted by Crippen LogP contribution is 2.25. The summed E-state index contributed by atoms with van der Waals surface area (Å²) < 4.78 is 7.42. The van der Waals surface area contributed by atoms with Crippen molar-refractivity contribution in [1.82, 2.24) is 14.7 Å². The Bertz CT molecular complexity index is 753. The minimum atomic E-state index is 0.137. The first-order valence-corrected chi connectivity index (χ1v) is 8.70. The number of hydrogen-bond acceptors (Lipinski definition) is 3. The van der Waals surface area contributed by atoms with Crippen LogP contribution in [-0.2, 0) is 24.5 Å². The minimum absolute atomic E-state index is 0.137. The van der Waals surface area contributed by atoms with Crippen LogP contribution in [0.5, 0.6) is 0 Å². The monoisotopic (exact) mass is 325 g/mol. The molecule has 0 radical (unpaired) electrons. The Kier molecular flexibility index (Phi) is 4.10. The van der Waals surface area contributed by atoms with Crippen LogP contribution >= 0.6 is 0 Å². The van der Waals surface area contributed by atoms with Gasteiger partial charge in [0.15, 0.2) is 0 Å². The van der Waals surface area contributed by atoms with Crippen molar-refractivity contribution in [2.75, 3.05) is 6.54 Å². The number of carbonyl (C=O) groups excluding carboxylic acids is 1. The smallest absolute Gasteiger partial charge is 0.254 e. The highest BCUT2D eigenvalue weighted by Gasteiger charge is 2.28. The number of carbonyl (C=O) groups is 1. The Hall–Kier alpha value is -2.14. The molecule has 1 aromatic carbocycles. The fraction of sp³-hybridized carbons (Fsp3) is 0.474. The molecule has 5 heteroatoms. The van der Waals surface area contributed by atoms with Crippen LogP contribution < -0.4 is 0 Å². The third-order valence-electron chi connectivity index (χ3n) is 5.02. The van der Waals surface area contributed by atoms with Crippen LogP contribution in [0.1, 0.15) is 46.3 Å². The summed E-state index contributed by atoms with van der Waals surface area (Å²) in [7, 11) is 0. The van der Waals surface area contributed by atoms with Gasteiger partial charge in [-0.15, -0.1) is 0 Å². The highest BCUT2D eigenvalue weighted by molar-refractivity contribution is 5.94. The third-order valence-corrected chi connectivity index (χ3v) is 5.02. The Labute approximate surface area is 142 Å². The van der Waals surface area contributed by atoms with E-state index in [1.807, 2.05) is 47.1 Å². The van der Waals surface area contributed by atoms with Crippen LogP contribution in [0.15, 0.2) is 30.6 Å². The van der Waals surface area contributed by atoms with E-state index < -0.39 is 0 Å². The van der Waals surface area contributed by atoms with Gasteiger partial charge in [0.05, 0.1) is 32.0 Å². The number of ether oxygens (including phenoxy) is 1. The number of piperidine rings is 1. The first kappa shape index (κ1) is 15.4. The number of nitrogens with zero attached hydrogens (tertiary/aromatic N) is 3. The summed E-state index contributed by atoms with van der Waals surface area (Å²) >= 11 is 0. The zero-order valence-electron chi connectivity index (χ0n) is 14.1. The van der Waals surface area contributed by atoms with Crippen LogP contribution in [0, 0.1) is 6.92 Å². The normalized spacial score (nSPS) is 20.2. The molecule has 0 N–H and O–H groups in total. The average molecular weight is 325 g/mol. The van der Waals surface area contributed by atoms with Gasteiger partial charge in [-0.1, -0.05) is 6.07 Å². The molecule has 24 heavy (non-hydrogen) atoms. The Balaban J connectivity index is 1.54. The van der Waals surface area contributed by atoms with Gasteiger partial charge in [0.1, 0.15) is 0 Å². The molecule has 0 unspecified atom stereocenters. The van der Waals surface area contributed by atoms with E-state index in [0.717, 1.165) is 42.6 Å². The fourth-order valence-corrected chi connectivity index (χ4v) is 3.71. The summed E-state index contributed by atoms with van der Waals surface area (Å²) in [6.07, 6.45) is 7.21. The molecule has 0 spiro atoms. The van der Waals surface area contributed by atoms with Crippen molar-refractivity contribution in [3.8, 4) is 0 Å². The molecular formula is C19H23N3O2. The molecule has 0 saturated carbocycles. The molecule has 2 aromatic rings. The van der Waals surface area contributed by atoms with E-state index in [9.17, 15) is 4.79 Å². The van der Waals surface area contributed by atoms with Crippen LogP contribution in [-0.4, -0.2) is 33.2 Å². The lowest BCUT2D eigenvalue weighted by atomic mass is 9.99. The summed E-state index contributed by atoms with van der Waals surface area (Å²) in [5.41, 5.74) is 4.29. The van der Waals surface area contributed by atoms with Crippen LogP contribution in [0.3, 0.4) is 0 Å². The number of rotatable bonds is 3. The number of fused-ring (bicyclic) bond motifs is 1. The van der Waals surface area contributed by atoms with E-state index in [2.05, 4.69) is 5.10 Å². The van der Waals surface area contributed by atoms with E-state index in [0.29, 0.717) is 13.2 Å². The number of hydrogen-bond donors (Lipinski definition) is 0. The van der Waals surface area contributed by atoms with Gasteiger partial charge in [0.2, 0.25) is 0 Å². The van der Waals surface area contributed by atoms with E-state index in [1.54, 1.807) is 0 Å². The van der Waals surface area contributed by atoms with E-state index >= 15 is 0 Å². The van der Waals surface area contributed by atoms with E-state index in [1.165, 1.54) is 12.0 Å². The molecule has 1 aromatic heterocycles. The molecule has 126 valence electrons. The number of aromatic nitrogens is 2. The lowest BCUT2D eigenvalue weighted by Gasteiger charge is -2.36. The van der Waals surface area contributed by atoms with Gasteiger partial charge < -0.3 is 9.64 Å². The molecule has 1 saturated heterocycles. The number of amides is 1. The fourth-order valence-electron chi connectivity index (χ4n) is 3.71. The van der Waals surface area contributed by atoms with Gasteiger partial charge in [0.25, 0.3) is 5.91 Å². The molecule has 2 aliphatic heterocycles. The maximum atomic E-state index is 13.1. The van der Waals surface area contributed by atoms with Gasteiger partial charge >= 0.3 is 0 Å². The predicted octanol–water partition coefficient (Wildman–Crippen LogP) is 2.92. The van der Waals surface area contributed by atoms with Crippen LogP contribution in [0.2, 0.25) is 0 Å². The molecule has 1 atom stereocenters. The summed E-state index contributed by atoms with van der Waals surface area (Å²) in [5, 5.41) is 4.39. The quantitative estimate of drug-likeness (QED) is 0.872. The predicted molar refractivity (Wildman–Crippen MR) is 90.6 cm³/mol. The molecule has 4 rings (SSSR count). The first-order chi connectivity index (χ1) is 11.7. The van der Waals surface area contributed by atoms with Crippen molar-refractivity contribution in [1.29, 1.82) is 0 Å². The largest absolute Gasteiger partial charge is 0.372 e. The summed E-state index contributed by atoms with van der Waals surface area (Å²) in [5.74, 6) is 0.137. The number of benzene rings is 1. The summed E-state index contributed by atoms with van der Waals surface area (Å²) in [6, 6.07) is 6.20. The molecule has 1 amide bonds. The van der Waals surface area contributed by atoms with Crippen LogP contribution in [0.4, 0.5) is 0 Å². The molecular weight excluding hydrogens is 302 g/mol. The van der Waals surface area contributed by atoms with Crippen molar-refractivity contribution < 1.29 is 9.53 Å². The Morgan fingerprint density at radius 1 is 1.29 bits per heavy atom. The van der Waals surface area contributed by atoms with Crippen molar-refractivity contribution >= 4 is 5.91 Å². The molecule has 3 heterocycles. The lowest BCUT2D eigenvalue weighted by molar-refractivity contribution is 0.0583. The molecule has 5 nitrogen and oxygen atoms in total. The molecule has 0 bridgehead atoms. The molecule has 1 fully saturated rings. The third kappa shape index (κ3) is 2.96. The van der Waals surface area contributed by atoms with Gasteiger partial charge in [0, 0.05) is 18.3 Å². The second-order valence-electron chi connectivity index (χ2n) is 6.86. The van der Waals surface area contributed by atoms with Crippen molar-refractivity contribution in [2.45, 2.75) is 52.0 Å². The van der Waals surface area contributed by atoms with Crippen LogP contribution in [0.25, 0.3) is 0 Å².